The van der Waals surface area contributed by atoms with Crippen LogP contribution in [0.5, 0.6) is 0 Å². The standard InChI is InChI=1S/C14H16BrF2N3/c1-3-18-13(14-10(15)8-19-20(14)2)7-9-11(16)5-4-6-12(9)17/h4-6,8,13,18H,3,7H2,1-2H3. The molecule has 0 saturated heterocycles. The van der Waals surface area contributed by atoms with Crippen LogP contribution >= 0.6 is 15.9 Å². The SMILES string of the molecule is CCNC(Cc1c(F)cccc1F)c1c(Br)cnn1C. The molecule has 6 heteroatoms. The average Bonchev–Trinajstić information content (AvgIpc) is 2.73. The van der Waals surface area contributed by atoms with Crippen molar-refractivity contribution in [2.24, 2.45) is 7.05 Å². The molecule has 1 aromatic carbocycles. The van der Waals surface area contributed by atoms with E-state index >= 15 is 0 Å². The minimum absolute atomic E-state index is 0.0894. The van der Waals surface area contributed by atoms with E-state index in [0.717, 1.165) is 10.2 Å². The first-order valence-corrected chi connectivity index (χ1v) is 7.17. The number of halogens is 3. The quantitative estimate of drug-likeness (QED) is 0.902. The van der Waals surface area contributed by atoms with E-state index in [-0.39, 0.29) is 18.0 Å². The summed E-state index contributed by atoms with van der Waals surface area (Å²) < 4.78 is 30.1. The molecule has 0 bridgehead atoms. The Hall–Kier alpha value is -1.27. The number of hydrogen-bond donors (Lipinski definition) is 1. The maximum atomic E-state index is 13.8. The molecule has 1 atom stereocenters. The summed E-state index contributed by atoms with van der Waals surface area (Å²) in [5.41, 5.74) is 0.959. The third-order valence-corrected chi connectivity index (χ3v) is 3.80. The van der Waals surface area contributed by atoms with Crippen LogP contribution in [-0.4, -0.2) is 16.3 Å². The maximum Gasteiger partial charge on any atom is 0.129 e. The van der Waals surface area contributed by atoms with Crippen LogP contribution in [0.3, 0.4) is 0 Å². The van der Waals surface area contributed by atoms with Gasteiger partial charge in [-0.1, -0.05) is 13.0 Å². The normalized spacial score (nSPS) is 12.7. The molecule has 2 aromatic rings. The van der Waals surface area contributed by atoms with Gasteiger partial charge >= 0.3 is 0 Å². The largest absolute Gasteiger partial charge is 0.309 e. The molecule has 108 valence electrons. The van der Waals surface area contributed by atoms with Gasteiger partial charge < -0.3 is 5.32 Å². The van der Waals surface area contributed by atoms with Gasteiger partial charge in [-0.2, -0.15) is 5.10 Å². The molecule has 0 spiro atoms. The van der Waals surface area contributed by atoms with Crippen molar-refractivity contribution in [3.05, 3.63) is 51.8 Å². The van der Waals surface area contributed by atoms with Gasteiger partial charge in [-0.25, -0.2) is 8.78 Å². The van der Waals surface area contributed by atoms with E-state index in [1.54, 1.807) is 10.9 Å². The van der Waals surface area contributed by atoms with Crippen molar-refractivity contribution >= 4 is 15.9 Å². The molecule has 0 fully saturated rings. The Morgan fingerprint density at radius 3 is 2.50 bits per heavy atom. The Balaban J connectivity index is 2.36. The summed E-state index contributed by atoms with van der Waals surface area (Å²) in [5, 5.41) is 7.39. The van der Waals surface area contributed by atoms with Gasteiger partial charge in [0.05, 0.1) is 22.4 Å². The van der Waals surface area contributed by atoms with Gasteiger partial charge in [0.25, 0.3) is 0 Å². The molecule has 1 heterocycles. The molecule has 0 radical (unpaired) electrons. The van der Waals surface area contributed by atoms with Crippen molar-refractivity contribution in [2.75, 3.05) is 6.54 Å². The molecule has 0 amide bonds. The molecule has 20 heavy (non-hydrogen) atoms. The highest BCUT2D eigenvalue weighted by atomic mass is 79.9. The predicted octanol–water partition coefficient (Wildman–Crippen LogP) is 3.35. The summed E-state index contributed by atoms with van der Waals surface area (Å²) >= 11 is 3.43. The van der Waals surface area contributed by atoms with Crippen molar-refractivity contribution in [1.29, 1.82) is 0 Å². The number of aromatic nitrogens is 2. The highest BCUT2D eigenvalue weighted by Gasteiger charge is 2.21. The first-order chi connectivity index (χ1) is 9.54. The lowest BCUT2D eigenvalue weighted by Crippen LogP contribution is -2.26. The van der Waals surface area contributed by atoms with Gasteiger partial charge in [-0.15, -0.1) is 0 Å². The van der Waals surface area contributed by atoms with Crippen LogP contribution in [0.4, 0.5) is 8.78 Å². The fourth-order valence-electron chi connectivity index (χ4n) is 2.26. The minimum atomic E-state index is -0.522. The summed E-state index contributed by atoms with van der Waals surface area (Å²) in [6.07, 6.45) is 1.90. The molecule has 1 aromatic heterocycles. The molecule has 1 unspecified atom stereocenters. The van der Waals surface area contributed by atoms with Crippen molar-refractivity contribution in [2.45, 2.75) is 19.4 Å². The lowest BCUT2D eigenvalue weighted by atomic mass is 10.0. The highest BCUT2D eigenvalue weighted by molar-refractivity contribution is 9.10. The van der Waals surface area contributed by atoms with Gasteiger partial charge in [-0.05, 0) is 41.0 Å². The topological polar surface area (TPSA) is 29.9 Å². The molecule has 0 aliphatic carbocycles. The second-order valence-corrected chi connectivity index (χ2v) is 5.37. The molecule has 0 aliphatic rings. The third-order valence-electron chi connectivity index (χ3n) is 3.19. The number of benzene rings is 1. The molecule has 1 N–H and O–H groups in total. The summed E-state index contributed by atoms with van der Waals surface area (Å²) in [4.78, 5) is 0. The van der Waals surface area contributed by atoms with Gasteiger partial charge in [0.2, 0.25) is 0 Å². The fourth-order valence-corrected chi connectivity index (χ4v) is 2.88. The number of nitrogens with one attached hydrogen (secondary N) is 1. The van der Waals surface area contributed by atoms with Gasteiger partial charge in [0, 0.05) is 12.6 Å². The molecule has 3 nitrogen and oxygen atoms in total. The van der Waals surface area contributed by atoms with Crippen LogP contribution in [0.2, 0.25) is 0 Å². The van der Waals surface area contributed by atoms with E-state index < -0.39 is 11.6 Å². The van der Waals surface area contributed by atoms with Crippen LogP contribution in [0, 0.1) is 11.6 Å². The number of aryl methyl sites for hydroxylation is 1. The second-order valence-electron chi connectivity index (χ2n) is 4.52. The van der Waals surface area contributed by atoms with Crippen molar-refractivity contribution in [1.82, 2.24) is 15.1 Å². The monoisotopic (exact) mass is 343 g/mol. The zero-order valence-electron chi connectivity index (χ0n) is 11.3. The lowest BCUT2D eigenvalue weighted by molar-refractivity contribution is 0.475. The average molecular weight is 344 g/mol. The number of rotatable bonds is 5. The molecular weight excluding hydrogens is 328 g/mol. The van der Waals surface area contributed by atoms with Crippen LogP contribution in [0.15, 0.2) is 28.9 Å². The number of hydrogen-bond acceptors (Lipinski definition) is 2. The maximum absolute atomic E-state index is 13.8. The molecule has 0 saturated carbocycles. The Kier molecular flexibility index (Phi) is 4.88. The Bertz CT molecular complexity index is 558. The van der Waals surface area contributed by atoms with Crippen LogP contribution in [0.1, 0.15) is 24.2 Å². The minimum Gasteiger partial charge on any atom is -0.309 e. The summed E-state index contributed by atoms with van der Waals surface area (Å²) in [7, 11) is 1.81. The number of nitrogens with zero attached hydrogens (tertiary/aromatic N) is 2. The Morgan fingerprint density at radius 2 is 2.00 bits per heavy atom. The van der Waals surface area contributed by atoms with Crippen LogP contribution in [-0.2, 0) is 13.5 Å². The van der Waals surface area contributed by atoms with Crippen LogP contribution in [0.25, 0.3) is 0 Å². The van der Waals surface area contributed by atoms with Gasteiger partial charge in [-0.3, -0.25) is 4.68 Å². The highest BCUT2D eigenvalue weighted by Crippen LogP contribution is 2.27. The number of likely N-dealkylation sites (N-methyl/N-ethyl adjacent to an activating group) is 1. The van der Waals surface area contributed by atoms with Crippen molar-refractivity contribution in [3.8, 4) is 0 Å². The zero-order valence-corrected chi connectivity index (χ0v) is 12.9. The van der Waals surface area contributed by atoms with Gasteiger partial charge in [0.15, 0.2) is 0 Å². The Labute approximate surface area is 125 Å². The van der Waals surface area contributed by atoms with E-state index in [0.29, 0.717) is 6.54 Å². The van der Waals surface area contributed by atoms with Crippen molar-refractivity contribution < 1.29 is 8.78 Å². The predicted molar refractivity (Wildman–Crippen MR) is 77.4 cm³/mol. The molecular formula is C14H16BrF2N3. The first kappa shape index (κ1) is 15.1. The van der Waals surface area contributed by atoms with E-state index in [2.05, 4.69) is 26.3 Å². The molecule has 0 aliphatic heterocycles. The third kappa shape index (κ3) is 3.07. The lowest BCUT2D eigenvalue weighted by Gasteiger charge is -2.19. The van der Waals surface area contributed by atoms with E-state index in [9.17, 15) is 8.78 Å². The second kappa shape index (κ2) is 6.45. The van der Waals surface area contributed by atoms with E-state index in [1.165, 1.54) is 18.2 Å². The van der Waals surface area contributed by atoms with Crippen LogP contribution < -0.4 is 5.32 Å². The zero-order chi connectivity index (χ0) is 14.7. The molecule has 2 rings (SSSR count). The first-order valence-electron chi connectivity index (χ1n) is 6.38. The fraction of sp³-hybridized carbons (Fsp3) is 0.357. The summed E-state index contributed by atoms with van der Waals surface area (Å²) in [6, 6.07) is 3.71. The smallest absolute Gasteiger partial charge is 0.129 e. The Morgan fingerprint density at radius 1 is 1.35 bits per heavy atom. The van der Waals surface area contributed by atoms with Crippen molar-refractivity contribution in [3.63, 3.8) is 0 Å². The van der Waals surface area contributed by atoms with E-state index in [4.69, 9.17) is 0 Å². The summed E-state index contributed by atoms with van der Waals surface area (Å²) in [5.74, 6) is -1.04. The van der Waals surface area contributed by atoms with E-state index in [1.807, 2.05) is 14.0 Å². The van der Waals surface area contributed by atoms with Gasteiger partial charge in [0.1, 0.15) is 11.6 Å². The summed E-state index contributed by atoms with van der Waals surface area (Å²) in [6.45, 7) is 2.65.